The number of rotatable bonds is 11. The maximum absolute atomic E-state index is 13.7. The predicted octanol–water partition coefficient (Wildman–Crippen LogP) is 3.52. The van der Waals surface area contributed by atoms with E-state index in [1.807, 2.05) is 30.3 Å². The van der Waals surface area contributed by atoms with E-state index in [1.165, 1.54) is 29.1 Å². The third-order valence-corrected chi connectivity index (χ3v) is 5.82. The molecule has 3 atom stereocenters. The lowest BCUT2D eigenvalue weighted by atomic mass is 10.1. The first kappa shape index (κ1) is 24.2. The number of amides is 1. The molecule has 2 aromatic rings. The van der Waals surface area contributed by atoms with Crippen molar-refractivity contribution in [3.05, 3.63) is 53.0 Å². The van der Waals surface area contributed by atoms with Gasteiger partial charge >= 0.3 is 11.8 Å². The van der Waals surface area contributed by atoms with Gasteiger partial charge < -0.3 is 24.5 Å². The van der Waals surface area contributed by atoms with Crippen LogP contribution in [-0.2, 0) is 14.3 Å². The Bertz CT molecular complexity index is 947. The van der Waals surface area contributed by atoms with Crippen molar-refractivity contribution in [1.29, 1.82) is 0 Å². The lowest BCUT2D eigenvalue weighted by molar-refractivity contribution is -0.389. The number of benzene rings is 1. The maximum atomic E-state index is 13.7. The van der Waals surface area contributed by atoms with E-state index in [4.69, 9.17) is 9.47 Å². The molecule has 1 fully saturated rings. The molecule has 0 unspecified atom stereocenters. The number of nitro groups is 1. The summed E-state index contributed by atoms with van der Waals surface area (Å²) < 4.78 is 12.4. The smallest absolute Gasteiger partial charge is 0.381 e. The van der Waals surface area contributed by atoms with E-state index in [2.05, 4.69) is 11.9 Å². The predicted molar refractivity (Wildman–Crippen MR) is 120 cm³/mol. The van der Waals surface area contributed by atoms with Gasteiger partial charge in [0.2, 0.25) is 12.2 Å². The minimum atomic E-state index is -0.784. The summed E-state index contributed by atoms with van der Waals surface area (Å²) in [5.41, 5.74) is 0. The molecule has 0 bridgehead atoms. The third kappa shape index (κ3) is 6.09. The van der Waals surface area contributed by atoms with Gasteiger partial charge in [0.15, 0.2) is 0 Å². The summed E-state index contributed by atoms with van der Waals surface area (Å²) >= 11 is 0. The van der Waals surface area contributed by atoms with Gasteiger partial charge in [0.1, 0.15) is 30.1 Å². The van der Waals surface area contributed by atoms with E-state index in [9.17, 15) is 19.7 Å². The first-order chi connectivity index (χ1) is 15.9. The zero-order valence-corrected chi connectivity index (χ0v) is 19.0. The quantitative estimate of drug-likeness (QED) is 0.219. The Hall–Kier alpha value is -3.43. The molecule has 0 saturated carbocycles. The van der Waals surface area contributed by atoms with Crippen LogP contribution < -0.4 is 4.74 Å². The SMILES string of the molecule is CCCCCC[C@@H](C(=O)N1C[C@@H](Oc2ccccc2)C[C@H]1C(=O)OC)n1cnc([N+](=O)[O-])c1. The molecule has 1 aromatic carbocycles. The van der Waals surface area contributed by atoms with Crippen LogP contribution in [0, 0.1) is 10.1 Å². The molecule has 10 nitrogen and oxygen atoms in total. The van der Waals surface area contributed by atoms with Gasteiger partial charge in [0.25, 0.3) is 0 Å². The number of likely N-dealkylation sites (tertiary alicyclic amines) is 1. The van der Waals surface area contributed by atoms with Crippen molar-refractivity contribution in [1.82, 2.24) is 14.5 Å². The van der Waals surface area contributed by atoms with Crippen LogP contribution in [0.4, 0.5) is 5.82 Å². The molecule has 1 aliphatic heterocycles. The molecule has 0 radical (unpaired) electrons. The van der Waals surface area contributed by atoms with Crippen LogP contribution in [0.25, 0.3) is 0 Å². The van der Waals surface area contributed by atoms with Crippen molar-refractivity contribution in [2.24, 2.45) is 0 Å². The van der Waals surface area contributed by atoms with Crippen molar-refractivity contribution in [2.75, 3.05) is 13.7 Å². The molecule has 1 amide bonds. The van der Waals surface area contributed by atoms with Gasteiger partial charge in [0, 0.05) is 6.42 Å². The fraction of sp³-hybridized carbons (Fsp3) is 0.522. The highest BCUT2D eigenvalue weighted by atomic mass is 16.6. The van der Waals surface area contributed by atoms with E-state index in [0.29, 0.717) is 18.6 Å². The average molecular weight is 459 g/mol. The van der Waals surface area contributed by atoms with Crippen LogP contribution in [-0.4, -0.2) is 57.1 Å². The van der Waals surface area contributed by atoms with Crippen molar-refractivity contribution >= 4 is 17.7 Å². The number of carbonyl (C=O) groups excluding carboxylic acids is 2. The van der Waals surface area contributed by atoms with Crippen molar-refractivity contribution < 1.29 is 24.0 Å². The highest BCUT2D eigenvalue weighted by molar-refractivity contribution is 5.87. The van der Waals surface area contributed by atoms with E-state index < -0.39 is 23.0 Å². The number of imidazole rings is 1. The third-order valence-electron chi connectivity index (χ3n) is 5.82. The molecule has 178 valence electrons. The first-order valence-corrected chi connectivity index (χ1v) is 11.2. The molecule has 33 heavy (non-hydrogen) atoms. The summed E-state index contributed by atoms with van der Waals surface area (Å²) in [6.45, 7) is 2.32. The average Bonchev–Trinajstić information content (AvgIpc) is 3.47. The normalized spacial score (nSPS) is 18.7. The minimum Gasteiger partial charge on any atom is -0.488 e. The van der Waals surface area contributed by atoms with Crippen LogP contribution in [0.15, 0.2) is 42.9 Å². The largest absolute Gasteiger partial charge is 0.488 e. The van der Waals surface area contributed by atoms with Crippen molar-refractivity contribution in [3.63, 3.8) is 0 Å². The first-order valence-electron chi connectivity index (χ1n) is 11.2. The number of hydrogen-bond donors (Lipinski definition) is 0. The number of methoxy groups -OCH3 is 1. The van der Waals surface area contributed by atoms with Gasteiger partial charge in [-0.15, -0.1) is 0 Å². The Morgan fingerprint density at radius 3 is 2.64 bits per heavy atom. The Kier molecular flexibility index (Phi) is 8.39. The van der Waals surface area contributed by atoms with Crippen LogP contribution in [0.1, 0.15) is 51.5 Å². The Balaban J connectivity index is 1.82. The second kappa shape index (κ2) is 11.4. The number of ether oxygens (including phenoxy) is 2. The van der Waals surface area contributed by atoms with Crippen LogP contribution in [0.3, 0.4) is 0 Å². The van der Waals surface area contributed by atoms with Gasteiger partial charge in [-0.2, -0.15) is 0 Å². The van der Waals surface area contributed by atoms with E-state index in [-0.39, 0.29) is 24.4 Å². The topological polar surface area (TPSA) is 117 Å². The molecule has 0 N–H and O–H groups in total. The number of nitrogens with zero attached hydrogens (tertiary/aromatic N) is 4. The van der Waals surface area contributed by atoms with Crippen molar-refractivity contribution in [3.8, 4) is 5.75 Å². The standard InChI is InChI=1S/C23H30N4O6/c1-3-4-5-9-12-19(25-15-21(24-16-25)27(30)31)22(28)26-14-18(13-20(26)23(29)32-2)33-17-10-7-6-8-11-17/h6-8,10-11,15-16,18-20H,3-5,9,12-14H2,1-2H3/t18-,19-,20-/m0/s1. The molecule has 10 heteroatoms. The fourth-order valence-electron chi connectivity index (χ4n) is 4.12. The Labute approximate surface area is 192 Å². The summed E-state index contributed by atoms with van der Waals surface area (Å²) in [5.74, 6) is -0.475. The summed E-state index contributed by atoms with van der Waals surface area (Å²) in [4.78, 5) is 42.0. The van der Waals surface area contributed by atoms with E-state index in [0.717, 1.165) is 25.7 Å². The Morgan fingerprint density at radius 1 is 1.24 bits per heavy atom. The van der Waals surface area contributed by atoms with Crippen molar-refractivity contribution in [2.45, 2.75) is 63.6 Å². The molecule has 1 aromatic heterocycles. The molecular formula is C23H30N4O6. The zero-order chi connectivity index (χ0) is 23.8. The summed E-state index contributed by atoms with van der Waals surface area (Å²) in [6, 6.07) is 7.73. The number of carbonyl (C=O) groups is 2. The molecule has 0 spiro atoms. The van der Waals surface area contributed by atoms with Crippen LogP contribution >= 0.6 is 0 Å². The van der Waals surface area contributed by atoms with Gasteiger partial charge in [-0.05, 0) is 28.5 Å². The number of para-hydroxylation sites is 1. The lowest BCUT2D eigenvalue weighted by Crippen LogP contribution is -2.44. The zero-order valence-electron chi connectivity index (χ0n) is 19.0. The van der Waals surface area contributed by atoms with Crippen LogP contribution in [0.5, 0.6) is 5.75 Å². The molecular weight excluding hydrogens is 428 g/mol. The van der Waals surface area contributed by atoms with Crippen LogP contribution in [0.2, 0.25) is 0 Å². The number of unbranched alkanes of at least 4 members (excludes halogenated alkanes) is 3. The summed E-state index contributed by atoms with van der Waals surface area (Å²) in [6.07, 6.45) is 6.79. The fourth-order valence-corrected chi connectivity index (χ4v) is 4.12. The summed E-state index contributed by atoms with van der Waals surface area (Å²) in [5, 5.41) is 11.1. The highest BCUT2D eigenvalue weighted by Gasteiger charge is 2.44. The number of hydrogen-bond acceptors (Lipinski definition) is 7. The van der Waals surface area contributed by atoms with Gasteiger partial charge in [0.05, 0.1) is 13.7 Å². The number of aromatic nitrogens is 2. The molecule has 1 aliphatic rings. The molecule has 2 heterocycles. The van der Waals surface area contributed by atoms with Gasteiger partial charge in [-0.3, -0.25) is 9.36 Å². The molecule has 3 rings (SSSR count). The molecule has 0 aliphatic carbocycles. The van der Waals surface area contributed by atoms with Gasteiger partial charge in [-0.1, -0.05) is 50.8 Å². The second-order valence-electron chi connectivity index (χ2n) is 8.12. The lowest BCUT2D eigenvalue weighted by Gasteiger charge is -2.27. The Morgan fingerprint density at radius 2 is 2.00 bits per heavy atom. The van der Waals surface area contributed by atoms with E-state index >= 15 is 0 Å². The maximum Gasteiger partial charge on any atom is 0.381 e. The minimum absolute atomic E-state index is 0.218. The summed E-state index contributed by atoms with van der Waals surface area (Å²) in [7, 11) is 1.29. The number of esters is 1. The van der Waals surface area contributed by atoms with Gasteiger partial charge in [-0.25, -0.2) is 4.79 Å². The van der Waals surface area contributed by atoms with E-state index in [1.54, 1.807) is 0 Å². The second-order valence-corrected chi connectivity index (χ2v) is 8.12. The highest BCUT2D eigenvalue weighted by Crippen LogP contribution is 2.29. The molecule has 1 saturated heterocycles. The monoisotopic (exact) mass is 458 g/mol.